The van der Waals surface area contributed by atoms with Crippen molar-refractivity contribution in [2.24, 2.45) is 0 Å². The van der Waals surface area contributed by atoms with Gasteiger partial charge in [0.25, 0.3) is 5.91 Å². The number of aromatic nitrogens is 2. The highest BCUT2D eigenvalue weighted by Gasteiger charge is 2.28. The fraction of sp³-hybridized carbons (Fsp3) is 0.545. The van der Waals surface area contributed by atoms with Crippen molar-refractivity contribution in [3.63, 3.8) is 0 Å². The van der Waals surface area contributed by atoms with Crippen molar-refractivity contribution in [3.8, 4) is 0 Å². The molecule has 0 aromatic carbocycles. The summed E-state index contributed by atoms with van der Waals surface area (Å²) in [6.07, 6.45) is 0.372. The van der Waals surface area contributed by atoms with Gasteiger partial charge < -0.3 is 4.90 Å². The van der Waals surface area contributed by atoms with E-state index in [1.165, 1.54) is 9.58 Å². The Morgan fingerprint density at radius 2 is 2.11 bits per heavy atom. The second-order valence-electron chi connectivity index (χ2n) is 4.60. The summed E-state index contributed by atoms with van der Waals surface area (Å²) in [6, 6.07) is 0. The third-order valence-corrected chi connectivity index (χ3v) is 3.29. The van der Waals surface area contributed by atoms with Crippen molar-refractivity contribution < 1.29 is 9.59 Å². The molecule has 6 nitrogen and oxygen atoms in total. The van der Waals surface area contributed by atoms with Gasteiger partial charge in [0.15, 0.2) is 5.69 Å². The molecule has 1 amide bonds. The van der Waals surface area contributed by atoms with E-state index in [4.69, 9.17) is 11.6 Å². The largest absolute Gasteiger partial charge is 0.343 e. The Hall–Kier alpha value is -1.40. The number of hydrogen-bond acceptors (Lipinski definition) is 4. The lowest BCUT2D eigenvalue weighted by atomic mass is 10.3. The fourth-order valence-electron chi connectivity index (χ4n) is 1.85. The minimum atomic E-state index is -0.295. The third-order valence-electron chi connectivity index (χ3n) is 2.89. The third kappa shape index (κ3) is 2.13. The Bertz CT molecular complexity index is 509. The summed E-state index contributed by atoms with van der Waals surface area (Å²) in [6.45, 7) is 1.17. The van der Waals surface area contributed by atoms with Crippen molar-refractivity contribution >= 4 is 23.4 Å². The standard InChI is InChI=1S/C11H15ClN4O2/c1-14(2)11(18)10-9(12)7-6-15(3)5-4-8(17)16(7)13-10/h4-6H2,1-3H3. The van der Waals surface area contributed by atoms with E-state index in [1.807, 2.05) is 11.9 Å². The lowest BCUT2D eigenvalue weighted by Gasteiger charge is -2.11. The molecule has 1 aromatic heterocycles. The molecule has 0 saturated heterocycles. The lowest BCUT2D eigenvalue weighted by molar-refractivity contribution is 0.0819. The molecule has 18 heavy (non-hydrogen) atoms. The second-order valence-corrected chi connectivity index (χ2v) is 4.98. The van der Waals surface area contributed by atoms with Crippen molar-refractivity contribution in [2.75, 3.05) is 27.7 Å². The maximum Gasteiger partial charge on any atom is 0.275 e. The van der Waals surface area contributed by atoms with Gasteiger partial charge in [-0.3, -0.25) is 14.5 Å². The van der Waals surface area contributed by atoms with E-state index in [1.54, 1.807) is 14.1 Å². The van der Waals surface area contributed by atoms with Crippen LogP contribution in [0, 0.1) is 0 Å². The summed E-state index contributed by atoms with van der Waals surface area (Å²) in [4.78, 5) is 27.2. The van der Waals surface area contributed by atoms with Crippen LogP contribution >= 0.6 is 11.6 Å². The highest BCUT2D eigenvalue weighted by molar-refractivity contribution is 6.34. The van der Waals surface area contributed by atoms with Crippen LogP contribution in [0.25, 0.3) is 0 Å². The van der Waals surface area contributed by atoms with Gasteiger partial charge >= 0.3 is 0 Å². The van der Waals surface area contributed by atoms with E-state index in [2.05, 4.69) is 5.10 Å². The van der Waals surface area contributed by atoms with Gasteiger partial charge in [0.2, 0.25) is 5.91 Å². The van der Waals surface area contributed by atoms with Crippen LogP contribution in [-0.4, -0.2) is 59.1 Å². The van der Waals surface area contributed by atoms with Crippen molar-refractivity contribution in [1.82, 2.24) is 19.6 Å². The van der Waals surface area contributed by atoms with Gasteiger partial charge in [0.1, 0.15) is 0 Å². The van der Waals surface area contributed by atoms with Crippen LogP contribution in [0.4, 0.5) is 0 Å². The quantitative estimate of drug-likeness (QED) is 0.754. The first-order valence-corrected chi connectivity index (χ1v) is 6.00. The van der Waals surface area contributed by atoms with E-state index in [0.717, 1.165) is 0 Å². The molecule has 0 N–H and O–H groups in total. The van der Waals surface area contributed by atoms with Crippen LogP contribution in [0.15, 0.2) is 0 Å². The van der Waals surface area contributed by atoms with Crippen LogP contribution in [0.5, 0.6) is 0 Å². The zero-order chi connectivity index (χ0) is 13.4. The molecule has 0 fully saturated rings. The molecule has 98 valence electrons. The van der Waals surface area contributed by atoms with Crippen LogP contribution in [0.2, 0.25) is 5.02 Å². The normalized spacial score (nSPS) is 16.3. The molecule has 0 saturated carbocycles. The van der Waals surface area contributed by atoms with Gasteiger partial charge in [-0.2, -0.15) is 5.10 Å². The number of carbonyl (C=O) groups excluding carboxylic acids is 2. The Labute approximate surface area is 110 Å². The van der Waals surface area contributed by atoms with Gasteiger partial charge in [-0.1, -0.05) is 11.6 Å². The smallest absolute Gasteiger partial charge is 0.275 e. The molecular weight excluding hydrogens is 256 g/mol. The van der Waals surface area contributed by atoms with Gasteiger partial charge in [-0.15, -0.1) is 0 Å². The van der Waals surface area contributed by atoms with Crippen LogP contribution in [0.3, 0.4) is 0 Å². The maximum absolute atomic E-state index is 11.9. The van der Waals surface area contributed by atoms with Crippen molar-refractivity contribution in [3.05, 3.63) is 16.4 Å². The average Bonchev–Trinajstić information content (AvgIpc) is 2.55. The number of rotatable bonds is 1. The highest BCUT2D eigenvalue weighted by atomic mass is 35.5. The first kappa shape index (κ1) is 13.0. The van der Waals surface area contributed by atoms with Crippen LogP contribution in [0.1, 0.15) is 27.4 Å². The zero-order valence-electron chi connectivity index (χ0n) is 10.6. The number of amides is 1. The minimum Gasteiger partial charge on any atom is -0.343 e. The summed E-state index contributed by atoms with van der Waals surface area (Å²) in [5, 5.41) is 4.34. The second kappa shape index (κ2) is 4.70. The predicted molar refractivity (Wildman–Crippen MR) is 66.8 cm³/mol. The topological polar surface area (TPSA) is 58.4 Å². The molecular formula is C11H15ClN4O2. The van der Waals surface area contributed by atoms with E-state index >= 15 is 0 Å². The summed E-state index contributed by atoms with van der Waals surface area (Å²) < 4.78 is 1.27. The molecule has 0 radical (unpaired) electrons. The van der Waals surface area contributed by atoms with Gasteiger partial charge in [0.05, 0.1) is 10.7 Å². The van der Waals surface area contributed by atoms with Gasteiger partial charge in [0, 0.05) is 33.6 Å². The van der Waals surface area contributed by atoms with E-state index in [0.29, 0.717) is 25.2 Å². The zero-order valence-corrected chi connectivity index (χ0v) is 11.4. The number of halogens is 1. The fourth-order valence-corrected chi connectivity index (χ4v) is 2.11. The van der Waals surface area contributed by atoms with E-state index in [9.17, 15) is 9.59 Å². The predicted octanol–water partition coefficient (Wildman–Crippen LogP) is 0.714. The number of nitrogens with zero attached hydrogens (tertiary/aromatic N) is 4. The van der Waals surface area contributed by atoms with E-state index < -0.39 is 0 Å². The lowest BCUT2D eigenvalue weighted by Crippen LogP contribution is -2.23. The Kier molecular flexibility index (Phi) is 3.41. The monoisotopic (exact) mass is 270 g/mol. The summed E-state index contributed by atoms with van der Waals surface area (Å²) in [7, 11) is 5.15. The van der Waals surface area contributed by atoms with Gasteiger partial charge in [-0.25, -0.2) is 4.68 Å². The number of carbonyl (C=O) groups is 2. The van der Waals surface area contributed by atoms with Gasteiger partial charge in [-0.05, 0) is 7.05 Å². The minimum absolute atomic E-state index is 0.131. The number of fused-ring (bicyclic) bond motifs is 1. The maximum atomic E-state index is 11.9. The van der Waals surface area contributed by atoms with Crippen LogP contribution < -0.4 is 0 Å². The molecule has 0 aliphatic carbocycles. The summed E-state index contributed by atoms with van der Waals surface area (Å²) in [5.74, 6) is -0.426. The van der Waals surface area contributed by atoms with Crippen molar-refractivity contribution in [1.29, 1.82) is 0 Å². The summed E-state index contributed by atoms with van der Waals surface area (Å²) in [5.41, 5.74) is 0.729. The molecule has 2 heterocycles. The number of hydrogen-bond donors (Lipinski definition) is 0. The van der Waals surface area contributed by atoms with Crippen molar-refractivity contribution in [2.45, 2.75) is 13.0 Å². The van der Waals surface area contributed by atoms with E-state index in [-0.39, 0.29) is 22.5 Å². The highest BCUT2D eigenvalue weighted by Crippen LogP contribution is 2.25. The Morgan fingerprint density at radius 3 is 2.72 bits per heavy atom. The molecule has 0 spiro atoms. The molecule has 0 bridgehead atoms. The molecule has 7 heteroatoms. The van der Waals surface area contributed by atoms with Crippen LogP contribution in [-0.2, 0) is 6.54 Å². The Morgan fingerprint density at radius 1 is 1.44 bits per heavy atom. The first-order chi connectivity index (χ1) is 8.41. The Balaban J connectivity index is 2.50. The average molecular weight is 271 g/mol. The summed E-state index contributed by atoms with van der Waals surface area (Å²) >= 11 is 6.17. The molecule has 1 aliphatic rings. The molecule has 2 rings (SSSR count). The first-order valence-electron chi connectivity index (χ1n) is 5.62. The molecule has 0 atom stereocenters. The molecule has 0 unspecified atom stereocenters. The molecule has 1 aromatic rings. The molecule has 1 aliphatic heterocycles. The SMILES string of the molecule is CN1CCC(=O)n2nc(C(=O)N(C)C)c(Cl)c2C1.